The SMILES string of the molecule is CCN1C(=O)CN(C)c2cc(NC3CC(Oc4ccc(F)c(F)c4)C3)ncc21. The zero-order valence-corrected chi connectivity index (χ0v) is 15.8. The molecule has 1 saturated carbocycles. The number of aromatic nitrogens is 1. The van der Waals surface area contributed by atoms with Gasteiger partial charge in [-0.1, -0.05) is 0 Å². The van der Waals surface area contributed by atoms with Crippen LogP contribution in [-0.2, 0) is 4.79 Å². The summed E-state index contributed by atoms with van der Waals surface area (Å²) < 4.78 is 31.9. The number of nitrogens with one attached hydrogen (secondary N) is 1. The van der Waals surface area contributed by atoms with Gasteiger partial charge in [0, 0.05) is 44.6 Å². The number of rotatable bonds is 5. The molecule has 1 aliphatic carbocycles. The second-order valence-corrected chi connectivity index (χ2v) is 7.18. The number of anilines is 3. The van der Waals surface area contributed by atoms with Crippen LogP contribution in [0.3, 0.4) is 0 Å². The summed E-state index contributed by atoms with van der Waals surface area (Å²) in [5.74, 6) is -0.649. The highest BCUT2D eigenvalue weighted by Crippen LogP contribution is 2.35. The molecule has 1 amide bonds. The summed E-state index contributed by atoms with van der Waals surface area (Å²) in [4.78, 5) is 20.2. The largest absolute Gasteiger partial charge is 0.490 e. The van der Waals surface area contributed by atoms with Crippen LogP contribution in [0.15, 0.2) is 30.5 Å². The summed E-state index contributed by atoms with van der Waals surface area (Å²) in [7, 11) is 1.89. The van der Waals surface area contributed by atoms with E-state index in [0.29, 0.717) is 18.8 Å². The van der Waals surface area contributed by atoms with Crippen LogP contribution in [0.25, 0.3) is 0 Å². The zero-order chi connectivity index (χ0) is 19.8. The predicted octanol–water partition coefficient (Wildman–Crippen LogP) is 3.18. The van der Waals surface area contributed by atoms with E-state index >= 15 is 0 Å². The molecule has 0 atom stereocenters. The lowest BCUT2D eigenvalue weighted by Crippen LogP contribution is -2.44. The fourth-order valence-electron chi connectivity index (χ4n) is 3.62. The molecular formula is C20H22F2N4O2. The summed E-state index contributed by atoms with van der Waals surface area (Å²) >= 11 is 0. The van der Waals surface area contributed by atoms with Crippen molar-refractivity contribution in [3.63, 3.8) is 0 Å². The van der Waals surface area contributed by atoms with Crippen LogP contribution in [0.2, 0.25) is 0 Å². The Labute approximate surface area is 162 Å². The second-order valence-electron chi connectivity index (χ2n) is 7.18. The van der Waals surface area contributed by atoms with Gasteiger partial charge in [-0.3, -0.25) is 4.79 Å². The fourth-order valence-corrected chi connectivity index (χ4v) is 3.62. The Morgan fingerprint density at radius 3 is 2.71 bits per heavy atom. The van der Waals surface area contributed by atoms with Gasteiger partial charge in [0.05, 0.1) is 24.1 Å². The quantitative estimate of drug-likeness (QED) is 0.853. The number of likely N-dealkylation sites (N-methyl/N-ethyl adjacent to an activating group) is 2. The second kappa shape index (κ2) is 7.26. The van der Waals surface area contributed by atoms with Crippen LogP contribution in [0.5, 0.6) is 5.75 Å². The molecule has 1 aromatic heterocycles. The normalized spacial score (nSPS) is 21.2. The van der Waals surface area contributed by atoms with Crippen molar-refractivity contribution < 1.29 is 18.3 Å². The van der Waals surface area contributed by atoms with Gasteiger partial charge in [-0.25, -0.2) is 13.8 Å². The number of halogens is 2. The van der Waals surface area contributed by atoms with E-state index in [9.17, 15) is 13.6 Å². The van der Waals surface area contributed by atoms with Gasteiger partial charge in [0.2, 0.25) is 5.91 Å². The number of hydrogen-bond donors (Lipinski definition) is 1. The highest BCUT2D eigenvalue weighted by atomic mass is 19.2. The average Bonchev–Trinajstić information content (AvgIpc) is 2.63. The Bertz CT molecular complexity index is 902. The van der Waals surface area contributed by atoms with Gasteiger partial charge in [-0.05, 0) is 19.1 Å². The molecule has 2 heterocycles. The number of carbonyl (C=O) groups is 1. The minimum atomic E-state index is -0.909. The van der Waals surface area contributed by atoms with Crippen LogP contribution >= 0.6 is 0 Å². The molecule has 2 aromatic rings. The van der Waals surface area contributed by atoms with Crippen LogP contribution in [0.1, 0.15) is 19.8 Å². The first-order valence-corrected chi connectivity index (χ1v) is 9.34. The van der Waals surface area contributed by atoms with E-state index in [-0.39, 0.29) is 18.1 Å². The van der Waals surface area contributed by atoms with Crippen molar-refractivity contribution in [1.82, 2.24) is 4.98 Å². The van der Waals surface area contributed by atoms with Gasteiger partial charge in [0.15, 0.2) is 11.6 Å². The highest BCUT2D eigenvalue weighted by molar-refractivity contribution is 6.03. The minimum Gasteiger partial charge on any atom is -0.490 e. The predicted molar refractivity (Wildman–Crippen MR) is 103 cm³/mol. The lowest BCUT2D eigenvalue weighted by Gasteiger charge is -2.37. The average molecular weight is 388 g/mol. The van der Waals surface area contributed by atoms with Crippen LogP contribution in [0, 0.1) is 11.6 Å². The molecule has 28 heavy (non-hydrogen) atoms. The lowest BCUT2D eigenvalue weighted by atomic mass is 9.89. The van der Waals surface area contributed by atoms with Gasteiger partial charge < -0.3 is 19.9 Å². The summed E-state index contributed by atoms with van der Waals surface area (Å²) in [6.45, 7) is 2.90. The molecule has 0 saturated heterocycles. The minimum absolute atomic E-state index is 0.0455. The van der Waals surface area contributed by atoms with E-state index in [1.54, 1.807) is 11.1 Å². The van der Waals surface area contributed by atoms with Gasteiger partial charge in [-0.15, -0.1) is 0 Å². The molecule has 1 aromatic carbocycles. The number of pyridine rings is 1. The summed E-state index contributed by atoms with van der Waals surface area (Å²) in [5.41, 5.74) is 1.79. The van der Waals surface area contributed by atoms with E-state index in [1.165, 1.54) is 6.07 Å². The van der Waals surface area contributed by atoms with E-state index in [2.05, 4.69) is 10.3 Å². The number of ether oxygens (including phenoxy) is 1. The molecular weight excluding hydrogens is 366 g/mol. The summed E-state index contributed by atoms with van der Waals surface area (Å²) in [6.07, 6.45) is 3.17. The number of benzene rings is 1. The fraction of sp³-hybridized carbons (Fsp3) is 0.400. The first-order chi connectivity index (χ1) is 13.4. The molecule has 1 fully saturated rings. The summed E-state index contributed by atoms with van der Waals surface area (Å²) in [5, 5.41) is 3.37. The molecule has 148 valence electrons. The van der Waals surface area contributed by atoms with Crippen molar-refractivity contribution >= 4 is 23.1 Å². The van der Waals surface area contributed by atoms with Gasteiger partial charge in [0.25, 0.3) is 0 Å². The van der Waals surface area contributed by atoms with Crippen molar-refractivity contribution in [3.05, 3.63) is 42.1 Å². The smallest absolute Gasteiger partial charge is 0.246 e. The monoisotopic (exact) mass is 388 g/mol. The van der Waals surface area contributed by atoms with Crippen LogP contribution in [0.4, 0.5) is 26.0 Å². The molecule has 6 nitrogen and oxygen atoms in total. The number of nitrogens with zero attached hydrogens (tertiary/aromatic N) is 3. The van der Waals surface area contributed by atoms with Gasteiger partial charge in [-0.2, -0.15) is 0 Å². The maximum absolute atomic E-state index is 13.3. The molecule has 0 radical (unpaired) electrons. The molecule has 0 spiro atoms. The molecule has 0 unspecified atom stereocenters. The van der Waals surface area contributed by atoms with Crippen molar-refractivity contribution in [3.8, 4) is 5.75 Å². The van der Waals surface area contributed by atoms with E-state index < -0.39 is 11.6 Å². The van der Waals surface area contributed by atoms with Gasteiger partial charge >= 0.3 is 0 Å². The van der Waals surface area contributed by atoms with Crippen molar-refractivity contribution in [2.45, 2.75) is 31.9 Å². The van der Waals surface area contributed by atoms with Crippen LogP contribution in [-0.4, -0.2) is 43.2 Å². The highest BCUT2D eigenvalue weighted by Gasteiger charge is 2.32. The standard InChI is InChI=1S/C20H22F2N4O2/c1-3-26-18-10-23-19(9-17(18)25(2)11-20(26)27)24-12-6-14(7-12)28-13-4-5-15(21)16(22)8-13/h4-5,8-10,12,14H,3,6-7,11H2,1-2H3,(H,23,24). The van der Waals surface area contributed by atoms with E-state index in [0.717, 1.165) is 42.2 Å². The van der Waals surface area contributed by atoms with Crippen molar-refractivity contribution in [1.29, 1.82) is 0 Å². The molecule has 4 rings (SSSR count). The number of hydrogen-bond acceptors (Lipinski definition) is 5. The summed E-state index contributed by atoms with van der Waals surface area (Å²) in [6, 6.07) is 5.71. The Hall–Kier alpha value is -2.90. The van der Waals surface area contributed by atoms with E-state index in [1.807, 2.05) is 24.9 Å². The third-order valence-corrected chi connectivity index (χ3v) is 5.19. The Morgan fingerprint density at radius 2 is 2.00 bits per heavy atom. The van der Waals surface area contributed by atoms with Crippen LogP contribution < -0.4 is 19.9 Å². The lowest BCUT2D eigenvalue weighted by molar-refractivity contribution is -0.117. The number of amides is 1. The van der Waals surface area contributed by atoms with E-state index in [4.69, 9.17) is 4.74 Å². The van der Waals surface area contributed by atoms with Crippen molar-refractivity contribution in [2.75, 3.05) is 35.3 Å². The number of fused-ring (bicyclic) bond motifs is 1. The van der Waals surface area contributed by atoms with Crippen molar-refractivity contribution in [2.24, 2.45) is 0 Å². The molecule has 8 heteroatoms. The third-order valence-electron chi connectivity index (χ3n) is 5.19. The Kier molecular flexibility index (Phi) is 4.78. The maximum atomic E-state index is 13.3. The third kappa shape index (κ3) is 3.46. The maximum Gasteiger partial charge on any atom is 0.246 e. The molecule has 1 aliphatic heterocycles. The first-order valence-electron chi connectivity index (χ1n) is 9.34. The molecule has 0 bridgehead atoms. The number of carbonyl (C=O) groups excluding carboxylic acids is 1. The molecule has 1 N–H and O–H groups in total. The Balaban J connectivity index is 1.37. The topological polar surface area (TPSA) is 57.7 Å². The Morgan fingerprint density at radius 1 is 1.21 bits per heavy atom. The first kappa shape index (κ1) is 18.5. The zero-order valence-electron chi connectivity index (χ0n) is 15.8. The molecule has 2 aliphatic rings. The van der Waals surface area contributed by atoms with Gasteiger partial charge in [0.1, 0.15) is 17.7 Å².